The lowest BCUT2D eigenvalue weighted by Gasteiger charge is -2.18. The van der Waals surface area contributed by atoms with Crippen LogP contribution in [0.3, 0.4) is 0 Å². The van der Waals surface area contributed by atoms with Crippen LogP contribution in [-0.4, -0.2) is 40.3 Å². The summed E-state index contributed by atoms with van der Waals surface area (Å²) in [5.74, 6) is -0.572. The maximum absolute atomic E-state index is 11.7. The van der Waals surface area contributed by atoms with Gasteiger partial charge in [-0.15, -0.1) is 6.58 Å². The Morgan fingerprint density at radius 3 is 2.89 bits per heavy atom. The van der Waals surface area contributed by atoms with Crippen LogP contribution in [0.1, 0.15) is 11.5 Å². The van der Waals surface area contributed by atoms with Gasteiger partial charge in [-0.1, -0.05) is 11.2 Å². The van der Waals surface area contributed by atoms with Crippen molar-refractivity contribution in [3.05, 3.63) is 30.2 Å². The maximum Gasteiger partial charge on any atom is 0.323 e. The number of hydrogen-bond acceptors (Lipinski definition) is 4. The fraction of sp³-hybridized carbons (Fsp3) is 0.364. The highest BCUT2D eigenvalue weighted by Gasteiger charge is 2.15. The van der Waals surface area contributed by atoms with Crippen molar-refractivity contribution >= 4 is 12.0 Å². The Bertz CT molecular complexity index is 441. The van der Waals surface area contributed by atoms with Gasteiger partial charge in [-0.2, -0.15) is 0 Å². The number of hydrogen-bond donors (Lipinski definition) is 2. The molecule has 0 saturated carbocycles. The number of carboxylic acids is 1. The lowest BCUT2D eigenvalue weighted by atomic mass is 10.4. The van der Waals surface area contributed by atoms with Crippen LogP contribution < -0.4 is 5.32 Å². The number of carbonyl (C=O) groups is 2. The molecule has 0 aliphatic heterocycles. The Labute approximate surface area is 104 Å². The number of aryl methyl sites for hydroxylation is 1. The summed E-state index contributed by atoms with van der Waals surface area (Å²) in [6, 6.07) is 1.20. The van der Waals surface area contributed by atoms with E-state index < -0.39 is 12.0 Å². The number of nitrogens with zero attached hydrogens (tertiary/aromatic N) is 2. The third-order valence-corrected chi connectivity index (χ3v) is 2.05. The number of carbonyl (C=O) groups excluding carboxylic acids is 1. The smallest absolute Gasteiger partial charge is 0.323 e. The minimum absolute atomic E-state index is 0.160. The van der Waals surface area contributed by atoms with Gasteiger partial charge in [0.1, 0.15) is 6.54 Å². The second-order valence-electron chi connectivity index (χ2n) is 3.66. The number of amides is 2. The summed E-state index contributed by atoms with van der Waals surface area (Å²) in [5, 5.41) is 14.9. The van der Waals surface area contributed by atoms with Crippen LogP contribution in [0.15, 0.2) is 23.2 Å². The van der Waals surface area contributed by atoms with Crippen molar-refractivity contribution in [2.45, 2.75) is 13.5 Å². The van der Waals surface area contributed by atoms with Crippen molar-refractivity contribution in [1.29, 1.82) is 0 Å². The molecule has 0 spiro atoms. The zero-order valence-corrected chi connectivity index (χ0v) is 10.0. The average Bonchev–Trinajstić information content (AvgIpc) is 2.71. The summed E-state index contributed by atoms with van der Waals surface area (Å²) >= 11 is 0. The molecule has 18 heavy (non-hydrogen) atoms. The van der Waals surface area contributed by atoms with Gasteiger partial charge in [0.2, 0.25) is 0 Å². The maximum atomic E-state index is 11.7. The summed E-state index contributed by atoms with van der Waals surface area (Å²) in [6.45, 7) is 5.17. The molecule has 0 radical (unpaired) electrons. The number of aliphatic carboxylic acids is 1. The van der Waals surface area contributed by atoms with Gasteiger partial charge < -0.3 is 19.8 Å². The molecule has 98 valence electrons. The van der Waals surface area contributed by atoms with E-state index in [2.05, 4.69) is 17.1 Å². The summed E-state index contributed by atoms with van der Waals surface area (Å²) in [5.41, 5.74) is 0.715. The molecule has 2 N–H and O–H groups in total. The summed E-state index contributed by atoms with van der Waals surface area (Å²) < 4.78 is 4.92. The van der Waals surface area contributed by atoms with Crippen molar-refractivity contribution in [2.75, 3.05) is 13.1 Å². The van der Waals surface area contributed by atoms with E-state index in [1.807, 2.05) is 0 Å². The van der Waals surface area contributed by atoms with Gasteiger partial charge in [0.25, 0.3) is 0 Å². The van der Waals surface area contributed by atoms with E-state index >= 15 is 0 Å². The summed E-state index contributed by atoms with van der Waals surface area (Å²) in [6.07, 6.45) is 1.46. The van der Waals surface area contributed by atoms with Gasteiger partial charge in [-0.3, -0.25) is 4.79 Å². The van der Waals surface area contributed by atoms with Crippen molar-refractivity contribution in [3.8, 4) is 0 Å². The Morgan fingerprint density at radius 2 is 2.39 bits per heavy atom. The number of nitrogens with one attached hydrogen (secondary N) is 1. The molecule has 0 aliphatic rings. The summed E-state index contributed by atoms with van der Waals surface area (Å²) in [4.78, 5) is 23.4. The quantitative estimate of drug-likeness (QED) is 0.730. The lowest BCUT2D eigenvalue weighted by molar-refractivity contribution is -0.137. The number of rotatable bonds is 6. The van der Waals surface area contributed by atoms with E-state index in [9.17, 15) is 9.59 Å². The lowest BCUT2D eigenvalue weighted by Crippen LogP contribution is -2.42. The summed E-state index contributed by atoms with van der Waals surface area (Å²) in [7, 11) is 0. The van der Waals surface area contributed by atoms with Crippen LogP contribution >= 0.6 is 0 Å². The predicted molar refractivity (Wildman–Crippen MR) is 62.9 cm³/mol. The molecule has 0 unspecified atom stereocenters. The molecular weight excluding hydrogens is 238 g/mol. The monoisotopic (exact) mass is 253 g/mol. The normalized spacial score (nSPS) is 9.83. The molecule has 1 aromatic rings. The van der Waals surface area contributed by atoms with Crippen LogP contribution in [0.5, 0.6) is 0 Å². The molecule has 1 aromatic heterocycles. The second kappa shape index (κ2) is 6.43. The minimum Gasteiger partial charge on any atom is -0.480 e. The molecule has 7 nitrogen and oxygen atoms in total. The zero-order chi connectivity index (χ0) is 13.5. The van der Waals surface area contributed by atoms with E-state index in [-0.39, 0.29) is 19.6 Å². The predicted octanol–water partition coefficient (Wildman–Crippen LogP) is 0.765. The highest BCUT2D eigenvalue weighted by molar-refractivity contribution is 5.80. The van der Waals surface area contributed by atoms with Crippen molar-refractivity contribution < 1.29 is 19.2 Å². The highest BCUT2D eigenvalue weighted by atomic mass is 16.5. The SMILES string of the molecule is C=CCN(CC(=O)O)C(=O)NCc1cc(C)no1. The van der Waals surface area contributed by atoms with E-state index in [1.54, 1.807) is 13.0 Å². The number of aromatic nitrogens is 1. The fourth-order valence-corrected chi connectivity index (χ4v) is 1.31. The van der Waals surface area contributed by atoms with Crippen LogP contribution in [0, 0.1) is 6.92 Å². The van der Waals surface area contributed by atoms with Gasteiger partial charge in [0.15, 0.2) is 5.76 Å². The van der Waals surface area contributed by atoms with E-state index in [0.29, 0.717) is 11.5 Å². The Hall–Kier alpha value is -2.31. The van der Waals surface area contributed by atoms with Crippen LogP contribution in [0.2, 0.25) is 0 Å². The number of carboxylic acid groups (broad SMARTS) is 1. The average molecular weight is 253 g/mol. The minimum atomic E-state index is -1.08. The zero-order valence-electron chi connectivity index (χ0n) is 10.0. The van der Waals surface area contributed by atoms with E-state index in [1.165, 1.54) is 6.08 Å². The molecule has 0 aliphatic carbocycles. The molecular formula is C11H15N3O4. The first-order valence-corrected chi connectivity index (χ1v) is 5.30. The molecule has 1 rings (SSSR count). The second-order valence-corrected chi connectivity index (χ2v) is 3.66. The first-order chi connectivity index (χ1) is 8.52. The molecule has 0 saturated heterocycles. The fourth-order valence-electron chi connectivity index (χ4n) is 1.31. The van der Waals surface area contributed by atoms with Crippen LogP contribution in [-0.2, 0) is 11.3 Å². The van der Waals surface area contributed by atoms with Crippen LogP contribution in [0.4, 0.5) is 4.79 Å². The molecule has 7 heteroatoms. The molecule has 1 heterocycles. The topological polar surface area (TPSA) is 95.7 Å². The number of urea groups is 1. The van der Waals surface area contributed by atoms with E-state index in [0.717, 1.165) is 4.90 Å². The highest BCUT2D eigenvalue weighted by Crippen LogP contribution is 2.01. The molecule has 2 amide bonds. The molecule has 0 aromatic carbocycles. The third kappa shape index (κ3) is 4.28. The molecule has 0 bridgehead atoms. The molecule has 0 atom stereocenters. The van der Waals surface area contributed by atoms with Crippen molar-refractivity contribution in [2.24, 2.45) is 0 Å². The first kappa shape index (κ1) is 13.8. The van der Waals surface area contributed by atoms with Crippen LogP contribution in [0.25, 0.3) is 0 Å². The van der Waals surface area contributed by atoms with Crippen molar-refractivity contribution in [3.63, 3.8) is 0 Å². The van der Waals surface area contributed by atoms with Gasteiger partial charge in [-0.05, 0) is 6.92 Å². The standard InChI is InChI=1S/C11H15N3O4/c1-3-4-14(7-10(15)16)11(17)12-6-9-5-8(2)13-18-9/h3,5H,1,4,6-7H2,2H3,(H,12,17)(H,15,16). The van der Waals surface area contributed by atoms with Gasteiger partial charge >= 0.3 is 12.0 Å². The largest absolute Gasteiger partial charge is 0.480 e. The van der Waals surface area contributed by atoms with Crippen molar-refractivity contribution in [1.82, 2.24) is 15.4 Å². The Balaban J connectivity index is 2.50. The Kier molecular flexibility index (Phi) is 4.91. The third-order valence-electron chi connectivity index (χ3n) is 2.05. The Morgan fingerprint density at radius 1 is 1.67 bits per heavy atom. The molecule has 0 fully saturated rings. The van der Waals surface area contributed by atoms with Gasteiger partial charge in [-0.25, -0.2) is 4.79 Å². The van der Waals surface area contributed by atoms with E-state index in [4.69, 9.17) is 9.63 Å². The first-order valence-electron chi connectivity index (χ1n) is 5.30. The van der Waals surface area contributed by atoms with Gasteiger partial charge in [0.05, 0.1) is 12.2 Å². The van der Waals surface area contributed by atoms with Gasteiger partial charge in [0, 0.05) is 12.6 Å².